The van der Waals surface area contributed by atoms with Crippen LogP contribution in [-0.4, -0.2) is 11.8 Å². The van der Waals surface area contributed by atoms with Crippen LogP contribution in [-0.2, 0) is 4.79 Å². The number of ketones is 1. The molecular weight excluding hydrogens is 150 g/mol. The average molecular weight is 162 g/mol. The van der Waals surface area contributed by atoms with Gasteiger partial charge in [0.05, 0.1) is 0 Å². The van der Waals surface area contributed by atoms with E-state index in [0.29, 0.717) is 17.2 Å². The molecule has 0 aromatic carbocycles. The lowest BCUT2D eigenvalue weighted by molar-refractivity contribution is -0.138. The fourth-order valence-electron chi connectivity index (χ4n) is 2.13. The summed E-state index contributed by atoms with van der Waals surface area (Å²) < 4.78 is 0. The molecule has 10 heavy (non-hydrogen) atoms. The predicted molar refractivity (Wildman–Crippen MR) is 41.1 cm³/mol. The van der Waals surface area contributed by atoms with Crippen molar-refractivity contribution in [1.82, 2.24) is 0 Å². The highest BCUT2D eigenvalue weighted by atomic mass is 35.5. The maximum absolute atomic E-state index is 10.6. The van der Waals surface area contributed by atoms with Crippen LogP contribution in [0.5, 0.6) is 0 Å². The van der Waals surface area contributed by atoms with Gasteiger partial charge < -0.3 is 5.73 Å². The van der Waals surface area contributed by atoms with Crippen molar-refractivity contribution in [2.75, 3.05) is 0 Å². The minimum atomic E-state index is 0. The molecule has 0 aromatic rings. The van der Waals surface area contributed by atoms with Gasteiger partial charge >= 0.3 is 0 Å². The van der Waals surface area contributed by atoms with Gasteiger partial charge in [0.15, 0.2) is 0 Å². The van der Waals surface area contributed by atoms with Crippen molar-refractivity contribution in [3.63, 3.8) is 0 Å². The summed E-state index contributed by atoms with van der Waals surface area (Å²) in [6.07, 6.45) is 3.83. The lowest BCUT2D eigenvalue weighted by Crippen LogP contribution is -2.53. The Morgan fingerprint density at radius 1 is 1.40 bits per heavy atom. The van der Waals surface area contributed by atoms with E-state index in [1.807, 2.05) is 0 Å². The Labute approximate surface area is 66.6 Å². The van der Waals surface area contributed by atoms with Gasteiger partial charge in [-0.15, -0.1) is 12.4 Å². The van der Waals surface area contributed by atoms with E-state index in [4.69, 9.17) is 5.73 Å². The Morgan fingerprint density at radius 2 is 1.90 bits per heavy atom. The molecule has 0 aromatic heterocycles. The number of carbonyl (C=O) groups excluding carboxylic acids is 1. The van der Waals surface area contributed by atoms with Crippen molar-refractivity contribution in [3.8, 4) is 0 Å². The summed E-state index contributed by atoms with van der Waals surface area (Å²) in [6.45, 7) is 0. The van der Waals surface area contributed by atoms with Crippen LogP contribution in [0.1, 0.15) is 25.7 Å². The van der Waals surface area contributed by atoms with E-state index in [1.165, 1.54) is 0 Å². The van der Waals surface area contributed by atoms with Crippen LogP contribution in [0.3, 0.4) is 0 Å². The Hall–Kier alpha value is -0.0800. The number of Topliss-reactive ketones (excluding diaryl/α,β-unsaturated/α-hetero) is 1. The highest BCUT2D eigenvalue weighted by Gasteiger charge is 2.51. The molecule has 2 aliphatic rings. The molecule has 0 bridgehead atoms. The quantitative estimate of drug-likeness (QED) is 0.573. The van der Waals surface area contributed by atoms with Gasteiger partial charge in [-0.25, -0.2) is 0 Å². The normalized spacial score (nSPS) is 28.7. The molecule has 0 atom stereocenters. The highest BCUT2D eigenvalue weighted by molar-refractivity contribution is 5.86. The fraction of sp³-hybridized carbons (Fsp3) is 0.857. The van der Waals surface area contributed by atoms with Gasteiger partial charge in [0.1, 0.15) is 5.78 Å². The molecule has 0 radical (unpaired) electrons. The Kier molecular flexibility index (Phi) is 1.77. The maximum atomic E-state index is 10.6. The molecule has 2 aliphatic carbocycles. The number of halogens is 1. The van der Waals surface area contributed by atoms with Gasteiger partial charge in [0.25, 0.3) is 0 Å². The second-order valence-electron chi connectivity index (χ2n) is 3.56. The van der Waals surface area contributed by atoms with Gasteiger partial charge in [-0.2, -0.15) is 0 Å². The third-order valence-electron chi connectivity index (χ3n) is 2.53. The zero-order valence-corrected chi connectivity index (χ0v) is 6.62. The molecule has 2 rings (SSSR count). The second kappa shape index (κ2) is 2.21. The summed E-state index contributed by atoms with van der Waals surface area (Å²) in [7, 11) is 0. The Balaban J connectivity index is 0.000000500. The molecule has 1 spiro atoms. The van der Waals surface area contributed by atoms with E-state index in [9.17, 15) is 4.79 Å². The van der Waals surface area contributed by atoms with E-state index in [2.05, 4.69) is 0 Å². The number of nitrogens with two attached hydrogens (primary N) is 1. The van der Waals surface area contributed by atoms with E-state index in [1.54, 1.807) is 0 Å². The minimum Gasteiger partial charge on any atom is -0.328 e. The first-order valence-electron chi connectivity index (χ1n) is 3.48. The number of carbonyl (C=O) groups is 1. The largest absolute Gasteiger partial charge is 0.328 e. The maximum Gasteiger partial charge on any atom is 0.134 e. The number of hydrogen-bond acceptors (Lipinski definition) is 2. The van der Waals surface area contributed by atoms with E-state index in [-0.39, 0.29) is 12.4 Å². The SMILES string of the molecule is Cl.NC1CC2(CC(=O)C2)C1. The lowest BCUT2D eigenvalue weighted by atomic mass is 9.54. The third kappa shape index (κ3) is 0.956. The molecule has 2 saturated carbocycles. The summed E-state index contributed by atoms with van der Waals surface area (Å²) >= 11 is 0. The van der Waals surface area contributed by atoms with Crippen LogP contribution in [0, 0.1) is 5.41 Å². The molecule has 0 unspecified atom stereocenters. The topological polar surface area (TPSA) is 43.1 Å². The van der Waals surface area contributed by atoms with Crippen LogP contribution in [0.4, 0.5) is 0 Å². The van der Waals surface area contributed by atoms with E-state index < -0.39 is 0 Å². The molecule has 2 nitrogen and oxygen atoms in total. The standard InChI is InChI=1S/C7H11NO.ClH/c8-5-1-7(2-5)3-6(9)4-7;/h5H,1-4,8H2;1H. The molecule has 2 fully saturated rings. The van der Waals surface area contributed by atoms with E-state index >= 15 is 0 Å². The van der Waals surface area contributed by atoms with Crippen LogP contribution < -0.4 is 5.73 Å². The van der Waals surface area contributed by atoms with Crippen molar-refractivity contribution in [2.45, 2.75) is 31.7 Å². The highest BCUT2D eigenvalue weighted by Crippen LogP contribution is 2.53. The molecule has 3 heteroatoms. The summed E-state index contributed by atoms with van der Waals surface area (Å²) in [5, 5.41) is 0. The Morgan fingerprint density at radius 3 is 2.20 bits per heavy atom. The molecule has 0 amide bonds. The summed E-state index contributed by atoms with van der Waals surface area (Å²) in [4.78, 5) is 10.6. The summed E-state index contributed by atoms with van der Waals surface area (Å²) in [5.74, 6) is 0.432. The van der Waals surface area contributed by atoms with Crippen molar-refractivity contribution in [2.24, 2.45) is 11.1 Å². The van der Waals surface area contributed by atoms with Crippen LogP contribution >= 0.6 is 12.4 Å². The fourth-order valence-corrected chi connectivity index (χ4v) is 2.13. The van der Waals surface area contributed by atoms with Crippen LogP contribution in [0.2, 0.25) is 0 Å². The zero-order valence-electron chi connectivity index (χ0n) is 5.80. The van der Waals surface area contributed by atoms with Crippen LogP contribution in [0.25, 0.3) is 0 Å². The average Bonchev–Trinajstić information content (AvgIpc) is 1.58. The summed E-state index contributed by atoms with van der Waals surface area (Å²) in [6, 6.07) is 0.401. The Bertz CT molecular complexity index is 153. The molecular formula is C7H12ClNO. The zero-order chi connectivity index (χ0) is 6.48. The smallest absolute Gasteiger partial charge is 0.134 e. The van der Waals surface area contributed by atoms with Gasteiger partial charge in [0, 0.05) is 18.9 Å². The lowest BCUT2D eigenvalue weighted by Gasteiger charge is -2.51. The van der Waals surface area contributed by atoms with Crippen LogP contribution in [0.15, 0.2) is 0 Å². The van der Waals surface area contributed by atoms with Gasteiger partial charge in [-0.3, -0.25) is 4.79 Å². The first kappa shape index (κ1) is 8.02. The van der Waals surface area contributed by atoms with Gasteiger partial charge in [-0.1, -0.05) is 0 Å². The molecule has 0 aliphatic heterocycles. The third-order valence-corrected chi connectivity index (χ3v) is 2.53. The van der Waals surface area contributed by atoms with Gasteiger partial charge in [-0.05, 0) is 18.3 Å². The number of hydrogen-bond donors (Lipinski definition) is 1. The van der Waals surface area contributed by atoms with Gasteiger partial charge in [0.2, 0.25) is 0 Å². The van der Waals surface area contributed by atoms with Crippen molar-refractivity contribution < 1.29 is 4.79 Å². The first-order valence-corrected chi connectivity index (χ1v) is 3.48. The van der Waals surface area contributed by atoms with Crippen molar-refractivity contribution >= 4 is 18.2 Å². The summed E-state index contributed by atoms with van der Waals surface area (Å²) in [5.41, 5.74) is 6.01. The van der Waals surface area contributed by atoms with Crippen molar-refractivity contribution in [1.29, 1.82) is 0 Å². The van der Waals surface area contributed by atoms with E-state index in [0.717, 1.165) is 25.7 Å². The molecule has 0 heterocycles. The number of rotatable bonds is 0. The monoisotopic (exact) mass is 161 g/mol. The van der Waals surface area contributed by atoms with Crippen molar-refractivity contribution in [3.05, 3.63) is 0 Å². The molecule has 0 saturated heterocycles. The molecule has 2 N–H and O–H groups in total. The first-order chi connectivity index (χ1) is 4.20. The molecule has 58 valence electrons. The second-order valence-corrected chi connectivity index (χ2v) is 3.56. The minimum absolute atomic E-state index is 0. The predicted octanol–water partition coefficient (Wildman–Crippen LogP) is 0.879.